The van der Waals surface area contributed by atoms with Crippen molar-refractivity contribution in [2.24, 2.45) is 0 Å². The molecule has 0 saturated heterocycles. The van der Waals surface area contributed by atoms with Gasteiger partial charge in [0.1, 0.15) is 30.5 Å². The van der Waals surface area contributed by atoms with Gasteiger partial charge in [0.05, 0.1) is 43.5 Å². The van der Waals surface area contributed by atoms with Gasteiger partial charge in [-0.2, -0.15) is 0 Å². The molecule has 17 nitrogen and oxygen atoms in total. The highest BCUT2D eigenvalue weighted by Gasteiger charge is 2.17. The van der Waals surface area contributed by atoms with E-state index in [1.54, 1.807) is 6.07 Å². The summed E-state index contributed by atoms with van der Waals surface area (Å²) in [6, 6.07) is 9.78. The number of carbonyl (C=O) groups is 4. The number of hydrogen-bond donors (Lipinski definition) is 4. The fraction of sp³-hybridized carbons (Fsp3) is 0.444. The lowest BCUT2D eigenvalue weighted by Crippen LogP contribution is -2.28. The molecule has 1 aromatic heterocycles. The SMILES string of the molecule is O=C(O)CCCCCc1cc(Oc2ccc(S(=O)(=O)Nc3ncc(C(=O)NCCOCCOCC(=O)CCCOCCOCC(=O)O)cn3)cc2)ccc1F. The molecule has 0 saturated carbocycles. The number of amides is 1. The van der Waals surface area contributed by atoms with Crippen LogP contribution in [0.25, 0.3) is 0 Å². The number of carboxylic acids is 2. The van der Waals surface area contributed by atoms with Gasteiger partial charge in [-0.05, 0) is 73.7 Å². The number of nitrogens with one attached hydrogen (secondary N) is 2. The van der Waals surface area contributed by atoms with Crippen molar-refractivity contribution in [1.29, 1.82) is 0 Å². The number of rotatable bonds is 29. The molecule has 0 aliphatic carbocycles. The van der Waals surface area contributed by atoms with Gasteiger partial charge in [-0.25, -0.2) is 32.3 Å². The Bertz CT molecular complexity index is 1780. The van der Waals surface area contributed by atoms with Gasteiger partial charge in [0.15, 0.2) is 5.78 Å². The molecule has 19 heteroatoms. The number of sulfonamides is 1. The average Bonchev–Trinajstić information content (AvgIpc) is 3.15. The fourth-order valence-corrected chi connectivity index (χ4v) is 5.60. The minimum Gasteiger partial charge on any atom is -0.481 e. The molecule has 300 valence electrons. The number of ketones is 1. The van der Waals surface area contributed by atoms with E-state index >= 15 is 0 Å². The summed E-state index contributed by atoms with van der Waals surface area (Å²) in [5, 5.41) is 19.8. The van der Waals surface area contributed by atoms with E-state index in [1.165, 1.54) is 48.8 Å². The number of Topliss-reactive ketones (excluding diaryl/α,β-unsaturated/α-hetero) is 1. The summed E-state index contributed by atoms with van der Waals surface area (Å²) in [4.78, 5) is 53.0. The number of ether oxygens (including phenoxy) is 5. The van der Waals surface area contributed by atoms with Gasteiger partial charge in [0, 0.05) is 38.4 Å². The van der Waals surface area contributed by atoms with E-state index in [0.717, 1.165) is 0 Å². The van der Waals surface area contributed by atoms with Crippen molar-refractivity contribution in [1.82, 2.24) is 15.3 Å². The molecule has 2 aromatic carbocycles. The lowest BCUT2D eigenvalue weighted by molar-refractivity contribution is -0.143. The van der Waals surface area contributed by atoms with Crippen LogP contribution in [0.2, 0.25) is 0 Å². The summed E-state index contributed by atoms with van der Waals surface area (Å²) in [5.41, 5.74) is 0.515. The van der Waals surface area contributed by atoms with Crippen molar-refractivity contribution in [2.75, 3.05) is 64.1 Å². The van der Waals surface area contributed by atoms with Crippen molar-refractivity contribution >= 4 is 39.6 Å². The van der Waals surface area contributed by atoms with Gasteiger partial charge < -0.3 is 39.2 Å². The molecule has 0 unspecified atom stereocenters. The van der Waals surface area contributed by atoms with Crippen molar-refractivity contribution in [3.8, 4) is 11.5 Å². The Kier molecular flexibility index (Phi) is 19.6. The third kappa shape index (κ3) is 18.2. The number of carbonyl (C=O) groups excluding carboxylic acids is 2. The summed E-state index contributed by atoms with van der Waals surface area (Å²) >= 11 is 0. The summed E-state index contributed by atoms with van der Waals surface area (Å²) < 4.78 is 68.9. The second-order valence-corrected chi connectivity index (χ2v) is 13.5. The van der Waals surface area contributed by atoms with Crippen molar-refractivity contribution in [2.45, 2.75) is 49.8 Å². The number of hydrogen-bond acceptors (Lipinski definition) is 13. The number of aromatic nitrogens is 2. The molecule has 0 bridgehead atoms. The zero-order valence-electron chi connectivity index (χ0n) is 30.1. The topological polar surface area (TPSA) is 239 Å². The number of anilines is 1. The Balaban J connectivity index is 1.30. The van der Waals surface area contributed by atoms with Crippen LogP contribution in [0.5, 0.6) is 11.5 Å². The molecule has 3 rings (SSSR count). The first-order valence-electron chi connectivity index (χ1n) is 17.4. The Morgan fingerprint density at radius 1 is 0.709 bits per heavy atom. The van der Waals surface area contributed by atoms with Crippen LogP contribution in [-0.4, -0.2) is 112 Å². The first-order valence-corrected chi connectivity index (χ1v) is 18.9. The maximum Gasteiger partial charge on any atom is 0.329 e. The van der Waals surface area contributed by atoms with E-state index in [1.807, 2.05) is 0 Å². The number of benzene rings is 2. The first-order chi connectivity index (χ1) is 26.4. The summed E-state index contributed by atoms with van der Waals surface area (Å²) in [5.74, 6) is -2.51. The quantitative estimate of drug-likeness (QED) is 0.0735. The second-order valence-electron chi connectivity index (χ2n) is 11.8. The zero-order chi connectivity index (χ0) is 39.9. The molecular formula is C36H45FN4O13S. The van der Waals surface area contributed by atoms with E-state index in [4.69, 9.17) is 33.9 Å². The molecule has 0 radical (unpaired) electrons. The number of carboxylic acid groups (broad SMARTS) is 2. The van der Waals surface area contributed by atoms with Gasteiger partial charge in [-0.1, -0.05) is 6.42 Å². The molecule has 0 spiro atoms. The maximum absolute atomic E-state index is 14.3. The predicted octanol–water partition coefficient (Wildman–Crippen LogP) is 3.63. The van der Waals surface area contributed by atoms with Gasteiger partial charge in [-0.3, -0.25) is 14.4 Å². The number of aryl methyl sites for hydroxylation is 1. The van der Waals surface area contributed by atoms with E-state index in [9.17, 15) is 32.0 Å². The molecule has 1 amide bonds. The van der Waals surface area contributed by atoms with Crippen LogP contribution < -0.4 is 14.8 Å². The number of unbranched alkanes of at least 4 members (excludes halogenated alkanes) is 2. The predicted molar refractivity (Wildman–Crippen MR) is 193 cm³/mol. The van der Waals surface area contributed by atoms with Crippen LogP contribution in [0, 0.1) is 5.82 Å². The number of halogens is 1. The molecule has 0 aliphatic rings. The summed E-state index contributed by atoms with van der Waals surface area (Å²) in [6.45, 7) is 0.985. The Morgan fingerprint density at radius 3 is 2.05 bits per heavy atom. The van der Waals surface area contributed by atoms with Crippen LogP contribution in [0.3, 0.4) is 0 Å². The van der Waals surface area contributed by atoms with Crippen LogP contribution >= 0.6 is 0 Å². The third-order valence-corrected chi connectivity index (χ3v) is 8.72. The average molecular weight is 793 g/mol. The molecule has 55 heavy (non-hydrogen) atoms. The van der Waals surface area contributed by atoms with E-state index in [0.29, 0.717) is 55.8 Å². The van der Waals surface area contributed by atoms with Gasteiger partial charge in [-0.15, -0.1) is 0 Å². The largest absolute Gasteiger partial charge is 0.481 e. The number of nitrogens with zero attached hydrogens (tertiary/aromatic N) is 2. The van der Waals surface area contributed by atoms with Crippen molar-refractivity contribution in [3.63, 3.8) is 0 Å². The monoisotopic (exact) mass is 792 g/mol. The molecule has 4 N–H and O–H groups in total. The van der Waals surface area contributed by atoms with Crippen LogP contribution in [-0.2, 0) is 49.8 Å². The lowest BCUT2D eigenvalue weighted by Gasteiger charge is -2.11. The normalized spacial score (nSPS) is 11.2. The molecule has 0 fully saturated rings. The van der Waals surface area contributed by atoms with Crippen LogP contribution in [0.1, 0.15) is 54.4 Å². The van der Waals surface area contributed by atoms with E-state index in [2.05, 4.69) is 20.0 Å². The lowest BCUT2D eigenvalue weighted by atomic mass is 10.1. The van der Waals surface area contributed by atoms with Gasteiger partial charge >= 0.3 is 11.9 Å². The highest BCUT2D eigenvalue weighted by atomic mass is 32.2. The first kappa shape index (κ1) is 44.3. The zero-order valence-corrected chi connectivity index (χ0v) is 30.9. The molecule has 0 atom stereocenters. The summed E-state index contributed by atoms with van der Waals surface area (Å²) in [7, 11) is -4.10. The second kappa shape index (κ2) is 24.4. The maximum atomic E-state index is 14.3. The molecule has 0 aliphatic heterocycles. The Morgan fingerprint density at radius 2 is 1.36 bits per heavy atom. The Hall–Kier alpha value is -5.08. The summed E-state index contributed by atoms with van der Waals surface area (Å²) in [6.07, 6.45) is 5.35. The fourth-order valence-electron chi connectivity index (χ4n) is 4.64. The highest BCUT2D eigenvalue weighted by Crippen LogP contribution is 2.26. The van der Waals surface area contributed by atoms with E-state index in [-0.39, 0.29) is 87.8 Å². The van der Waals surface area contributed by atoms with Crippen LogP contribution in [0.15, 0.2) is 59.8 Å². The molecule has 3 aromatic rings. The number of aliphatic carboxylic acids is 2. The molecular weight excluding hydrogens is 747 g/mol. The highest BCUT2D eigenvalue weighted by molar-refractivity contribution is 7.92. The third-order valence-electron chi connectivity index (χ3n) is 7.37. The van der Waals surface area contributed by atoms with Crippen molar-refractivity contribution < 1.29 is 65.9 Å². The van der Waals surface area contributed by atoms with E-state index < -0.39 is 33.7 Å². The van der Waals surface area contributed by atoms with Crippen molar-refractivity contribution in [3.05, 3.63) is 71.8 Å². The molecule has 1 heterocycles. The standard InChI is InChI=1S/C36H45FN4O13S/c37-32-13-10-30(21-26(32)5-2-1-3-7-33(43)44)54-29-8-11-31(12-9-29)55(48,49)41-36-39-22-27(23-40-36)35(47)38-14-16-51-18-19-52-24-28(42)6-4-15-50-17-20-53-25-34(45)46/h8-13,21-23H,1-7,14-20,24-25H2,(H,38,47)(H,43,44)(H,45,46)(H,39,40,41). The van der Waals surface area contributed by atoms with Gasteiger partial charge in [0.2, 0.25) is 5.95 Å². The Labute approximate surface area is 317 Å². The smallest absolute Gasteiger partial charge is 0.329 e. The minimum absolute atomic E-state index is 0.0656. The van der Waals surface area contributed by atoms with Crippen LogP contribution in [0.4, 0.5) is 10.3 Å². The minimum atomic E-state index is -4.10. The van der Waals surface area contributed by atoms with Gasteiger partial charge in [0.25, 0.3) is 15.9 Å².